The molecular formula is C44H41N4+. The van der Waals surface area contributed by atoms with E-state index in [0.29, 0.717) is 0 Å². The van der Waals surface area contributed by atoms with Crippen molar-refractivity contribution in [2.75, 3.05) is 0 Å². The summed E-state index contributed by atoms with van der Waals surface area (Å²) in [5.74, 6) is 1.24. The average Bonchev–Trinajstić information content (AvgIpc) is 3.49. The molecule has 0 fully saturated rings. The Morgan fingerprint density at radius 1 is 0.854 bits per heavy atom. The molecule has 7 rings (SSSR count). The molecule has 0 saturated heterocycles. The molecule has 0 aliphatic carbocycles. The van der Waals surface area contributed by atoms with Crippen LogP contribution in [-0.2, 0) is 6.42 Å². The van der Waals surface area contributed by atoms with Gasteiger partial charge in [-0.2, -0.15) is 4.57 Å². The van der Waals surface area contributed by atoms with Crippen molar-refractivity contribution in [1.29, 1.82) is 0 Å². The minimum absolute atomic E-state index is 0.0297. The summed E-state index contributed by atoms with van der Waals surface area (Å²) in [6.45, 7) is 12.9. The lowest BCUT2D eigenvalue weighted by Crippen LogP contribution is -2.47. The number of benzene rings is 4. The van der Waals surface area contributed by atoms with Crippen LogP contribution < -0.4 is 4.57 Å². The zero-order valence-electron chi connectivity index (χ0n) is 27.7. The van der Waals surface area contributed by atoms with Gasteiger partial charge in [0.15, 0.2) is 11.0 Å². The van der Waals surface area contributed by atoms with E-state index in [9.17, 15) is 0 Å². The highest BCUT2D eigenvalue weighted by atomic mass is 15.2. The molecule has 1 aliphatic rings. The summed E-state index contributed by atoms with van der Waals surface area (Å²) >= 11 is 0. The van der Waals surface area contributed by atoms with Crippen LogP contribution in [0.1, 0.15) is 54.7 Å². The average molecular weight is 626 g/mol. The number of aliphatic imine (C=N–C) groups is 1. The third kappa shape index (κ3) is 5.64. The molecule has 3 unspecified atom stereocenters. The van der Waals surface area contributed by atoms with E-state index in [0.717, 1.165) is 29.8 Å². The number of allylic oxidation sites excluding steroid dienone is 3. The van der Waals surface area contributed by atoms with Crippen LogP contribution in [0.25, 0.3) is 33.4 Å². The number of nitrogens with zero attached hydrogens (tertiary/aromatic N) is 4. The molecule has 0 saturated carbocycles. The van der Waals surface area contributed by atoms with Gasteiger partial charge in [0.05, 0.1) is 24.1 Å². The topological polar surface area (TPSA) is 34.1 Å². The maximum atomic E-state index is 5.15. The van der Waals surface area contributed by atoms with Gasteiger partial charge in [0.1, 0.15) is 11.7 Å². The molecule has 0 radical (unpaired) electrons. The molecule has 1 aliphatic heterocycles. The van der Waals surface area contributed by atoms with Crippen LogP contribution in [0.15, 0.2) is 164 Å². The van der Waals surface area contributed by atoms with Gasteiger partial charge in [0.25, 0.3) is 5.82 Å². The van der Waals surface area contributed by atoms with E-state index in [1.54, 1.807) is 0 Å². The minimum Gasteiger partial charge on any atom is -0.276 e. The maximum Gasteiger partial charge on any atom is 0.266 e. The first-order valence-electron chi connectivity index (χ1n) is 16.8. The zero-order chi connectivity index (χ0) is 33.0. The number of imidazole rings is 1. The summed E-state index contributed by atoms with van der Waals surface area (Å²) in [7, 11) is 0. The lowest BCUT2D eigenvalue weighted by atomic mass is 9.80. The van der Waals surface area contributed by atoms with Crippen LogP contribution in [0.2, 0.25) is 0 Å². The standard InChI is InChI=1S/C44H41N4/c1-5-32(33-16-10-8-11-17-33)24-27-43-47(31(4)44-38-30-45-29-28-37(38)39(6-2)46-40(44)7-3)41-20-14-15-21-42(41)48(43)36-25-22-35(23-26-36)34-18-12-9-13-19-34/h6-26,28-31,40,44H,2-3,5,27H2,1,4H3/q+1/b32-24+. The highest BCUT2D eigenvalue weighted by Gasteiger charge is 2.39. The Morgan fingerprint density at radius 3 is 2.25 bits per heavy atom. The Morgan fingerprint density at radius 2 is 1.54 bits per heavy atom. The lowest BCUT2D eigenvalue weighted by molar-refractivity contribution is -0.705. The summed E-state index contributed by atoms with van der Waals surface area (Å²) in [6.07, 6.45) is 11.8. The molecule has 3 heterocycles. The summed E-state index contributed by atoms with van der Waals surface area (Å²) in [5.41, 5.74) is 11.7. The fraction of sp³-hybridized carbons (Fsp3) is 0.159. The van der Waals surface area contributed by atoms with Crippen molar-refractivity contribution in [3.05, 3.63) is 182 Å². The molecule has 0 N–H and O–H groups in total. The first-order chi connectivity index (χ1) is 23.6. The Hall–Kier alpha value is -5.61. The Bertz CT molecular complexity index is 2140. The molecule has 6 aromatic rings. The number of rotatable bonds is 10. The van der Waals surface area contributed by atoms with Gasteiger partial charge < -0.3 is 0 Å². The lowest BCUT2D eigenvalue weighted by Gasteiger charge is -2.32. The molecule has 0 bridgehead atoms. The first kappa shape index (κ1) is 31.0. The predicted octanol–water partition coefficient (Wildman–Crippen LogP) is 9.90. The molecule has 4 aromatic carbocycles. The first-order valence-corrected chi connectivity index (χ1v) is 16.8. The van der Waals surface area contributed by atoms with Crippen molar-refractivity contribution in [3.8, 4) is 16.8 Å². The third-order valence-electron chi connectivity index (χ3n) is 9.71. The molecule has 0 amide bonds. The molecular weight excluding hydrogens is 585 g/mol. The van der Waals surface area contributed by atoms with Crippen LogP contribution >= 0.6 is 0 Å². The summed E-state index contributed by atoms with van der Waals surface area (Å²) < 4.78 is 4.99. The highest BCUT2D eigenvalue weighted by Crippen LogP contribution is 2.39. The smallest absolute Gasteiger partial charge is 0.266 e. The van der Waals surface area contributed by atoms with Crippen molar-refractivity contribution in [3.63, 3.8) is 0 Å². The van der Waals surface area contributed by atoms with E-state index in [1.165, 1.54) is 44.7 Å². The largest absolute Gasteiger partial charge is 0.276 e. The Labute approximate surface area is 283 Å². The highest BCUT2D eigenvalue weighted by molar-refractivity contribution is 6.10. The molecule has 2 aromatic heterocycles. The van der Waals surface area contributed by atoms with E-state index < -0.39 is 0 Å². The van der Waals surface area contributed by atoms with Gasteiger partial charge in [-0.3, -0.25) is 9.98 Å². The number of aromatic nitrogens is 3. The second-order valence-electron chi connectivity index (χ2n) is 12.4. The molecule has 48 heavy (non-hydrogen) atoms. The van der Waals surface area contributed by atoms with E-state index in [4.69, 9.17) is 4.99 Å². The van der Waals surface area contributed by atoms with Gasteiger partial charge in [-0.25, -0.2) is 4.57 Å². The van der Waals surface area contributed by atoms with Crippen molar-refractivity contribution in [2.45, 2.75) is 44.7 Å². The van der Waals surface area contributed by atoms with Gasteiger partial charge >= 0.3 is 0 Å². The number of hydrogen-bond donors (Lipinski definition) is 0. The number of pyridine rings is 1. The van der Waals surface area contributed by atoms with Crippen molar-refractivity contribution >= 4 is 22.3 Å². The molecule has 4 nitrogen and oxygen atoms in total. The van der Waals surface area contributed by atoms with Crippen LogP contribution in [0, 0.1) is 0 Å². The number of hydrogen-bond acceptors (Lipinski definition) is 2. The molecule has 236 valence electrons. The van der Waals surface area contributed by atoms with Crippen molar-refractivity contribution in [2.24, 2.45) is 4.99 Å². The van der Waals surface area contributed by atoms with Gasteiger partial charge in [-0.1, -0.05) is 111 Å². The van der Waals surface area contributed by atoms with Gasteiger partial charge in [-0.15, -0.1) is 6.58 Å². The minimum atomic E-state index is -0.122. The number of fused-ring (bicyclic) bond motifs is 2. The van der Waals surface area contributed by atoms with Gasteiger partial charge in [0, 0.05) is 18.0 Å². The third-order valence-corrected chi connectivity index (χ3v) is 9.71. The van der Waals surface area contributed by atoms with Crippen LogP contribution in [0.3, 0.4) is 0 Å². The zero-order valence-corrected chi connectivity index (χ0v) is 27.7. The molecule has 0 spiro atoms. The predicted molar refractivity (Wildman–Crippen MR) is 200 cm³/mol. The monoisotopic (exact) mass is 625 g/mol. The molecule has 3 atom stereocenters. The second kappa shape index (κ2) is 13.6. The maximum absolute atomic E-state index is 5.15. The van der Waals surface area contributed by atoms with Crippen LogP contribution in [0.5, 0.6) is 0 Å². The van der Waals surface area contributed by atoms with E-state index in [-0.39, 0.29) is 18.0 Å². The Kier molecular flexibility index (Phi) is 8.80. The summed E-state index contributed by atoms with van der Waals surface area (Å²) in [5, 5.41) is 0. The number of para-hydroxylation sites is 2. The summed E-state index contributed by atoms with van der Waals surface area (Å²) in [6, 6.07) is 41.0. The van der Waals surface area contributed by atoms with E-state index >= 15 is 0 Å². The second-order valence-corrected chi connectivity index (χ2v) is 12.4. The van der Waals surface area contributed by atoms with Crippen LogP contribution in [0.4, 0.5) is 0 Å². The Balaban J connectivity index is 1.44. The van der Waals surface area contributed by atoms with E-state index in [1.807, 2.05) is 24.5 Å². The molecule has 4 heteroatoms. The van der Waals surface area contributed by atoms with Gasteiger partial charge in [-0.05, 0) is 77.6 Å². The van der Waals surface area contributed by atoms with Crippen molar-refractivity contribution in [1.82, 2.24) is 9.55 Å². The fourth-order valence-corrected chi connectivity index (χ4v) is 7.41. The van der Waals surface area contributed by atoms with Gasteiger partial charge in [0.2, 0.25) is 0 Å². The fourth-order valence-electron chi connectivity index (χ4n) is 7.41. The summed E-state index contributed by atoms with van der Waals surface area (Å²) in [4.78, 5) is 9.74. The van der Waals surface area contributed by atoms with Crippen molar-refractivity contribution < 1.29 is 4.57 Å². The van der Waals surface area contributed by atoms with E-state index in [2.05, 4.69) is 162 Å². The quantitative estimate of drug-likeness (QED) is 0.110. The SMILES string of the molecule is C=CC1=NC(C=C)C(C(C)[n+]2c(C/C=C(\CC)c3ccccc3)n(-c3ccc(-c4ccccc4)cc3)c3ccccc32)c2cnccc21. The normalized spacial score (nSPS) is 16.6. The van der Waals surface area contributed by atoms with Crippen LogP contribution in [-0.4, -0.2) is 21.3 Å².